The second kappa shape index (κ2) is 4.10. The van der Waals surface area contributed by atoms with Crippen LogP contribution in [-0.2, 0) is 9.53 Å². The average molecular weight is 213 g/mol. The van der Waals surface area contributed by atoms with Gasteiger partial charge in [0.2, 0.25) is 0 Å². The molecule has 2 fully saturated rings. The molecule has 0 bridgehead atoms. The molecule has 0 saturated carbocycles. The van der Waals surface area contributed by atoms with Crippen molar-refractivity contribution >= 4 is 5.97 Å². The normalized spacial score (nSPS) is 31.7. The molecule has 0 aromatic heterocycles. The van der Waals surface area contributed by atoms with Gasteiger partial charge >= 0.3 is 5.97 Å². The highest BCUT2D eigenvalue weighted by Crippen LogP contribution is 2.43. The van der Waals surface area contributed by atoms with E-state index in [1.807, 2.05) is 0 Å². The van der Waals surface area contributed by atoms with Gasteiger partial charge in [0.05, 0.1) is 5.92 Å². The van der Waals surface area contributed by atoms with Crippen LogP contribution in [0, 0.1) is 11.3 Å². The summed E-state index contributed by atoms with van der Waals surface area (Å²) in [5, 5.41) is 9.28. The third-order valence-electron chi connectivity index (χ3n) is 3.91. The van der Waals surface area contributed by atoms with Gasteiger partial charge in [-0.05, 0) is 32.9 Å². The molecule has 2 heterocycles. The summed E-state index contributed by atoms with van der Waals surface area (Å²) < 4.78 is 5.35. The van der Waals surface area contributed by atoms with E-state index in [1.165, 1.54) is 0 Å². The summed E-state index contributed by atoms with van der Waals surface area (Å²) in [5.74, 6) is -0.789. The van der Waals surface area contributed by atoms with Crippen LogP contribution in [-0.4, -0.2) is 49.3 Å². The Morgan fingerprint density at radius 2 is 2.13 bits per heavy atom. The Hall–Kier alpha value is -0.610. The summed E-state index contributed by atoms with van der Waals surface area (Å²) in [5.41, 5.74) is -0.0307. The van der Waals surface area contributed by atoms with Crippen molar-refractivity contribution < 1.29 is 14.6 Å². The van der Waals surface area contributed by atoms with Crippen molar-refractivity contribution in [3.8, 4) is 0 Å². The molecule has 0 aromatic rings. The number of carbonyl (C=O) groups is 1. The number of aliphatic carboxylic acids is 1. The van der Waals surface area contributed by atoms with Gasteiger partial charge in [-0.3, -0.25) is 4.79 Å². The first-order chi connectivity index (χ1) is 7.14. The number of piperidine rings is 1. The van der Waals surface area contributed by atoms with Gasteiger partial charge < -0.3 is 14.7 Å². The van der Waals surface area contributed by atoms with Gasteiger partial charge in [0.1, 0.15) is 0 Å². The Labute approximate surface area is 90.2 Å². The van der Waals surface area contributed by atoms with Gasteiger partial charge in [0, 0.05) is 25.2 Å². The van der Waals surface area contributed by atoms with Gasteiger partial charge in [-0.25, -0.2) is 0 Å². The lowest BCUT2D eigenvalue weighted by Crippen LogP contribution is -2.52. The van der Waals surface area contributed by atoms with Crippen LogP contribution >= 0.6 is 0 Å². The number of likely N-dealkylation sites (tertiary alicyclic amines) is 1. The van der Waals surface area contributed by atoms with Crippen LogP contribution in [0.15, 0.2) is 0 Å². The lowest BCUT2D eigenvalue weighted by Gasteiger charge is -2.47. The number of rotatable bonds is 1. The van der Waals surface area contributed by atoms with Gasteiger partial charge in [0.25, 0.3) is 0 Å². The predicted molar refractivity (Wildman–Crippen MR) is 55.7 cm³/mol. The van der Waals surface area contributed by atoms with Gasteiger partial charge in [0.15, 0.2) is 0 Å². The van der Waals surface area contributed by atoms with Gasteiger partial charge in [-0.15, -0.1) is 0 Å². The molecule has 0 radical (unpaired) electrons. The Morgan fingerprint density at radius 3 is 2.73 bits per heavy atom. The fourth-order valence-electron chi connectivity index (χ4n) is 3.05. The van der Waals surface area contributed by atoms with E-state index in [1.54, 1.807) is 0 Å². The molecule has 2 aliphatic heterocycles. The van der Waals surface area contributed by atoms with Crippen molar-refractivity contribution in [1.82, 2.24) is 4.90 Å². The van der Waals surface area contributed by atoms with Crippen LogP contribution in [0.5, 0.6) is 0 Å². The summed E-state index contributed by atoms with van der Waals surface area (Å²) >= 11 is 0. The fourth-order valence-corrected chi connectivity index (χ4v) is 3.05. The van der Waals surface area contributed by atoms with E-state index in [0.717, 1.165) is 45.6 Å². The lowest BCUT2D eigenvalue weighted by molar-refractivity contribution is -0.155. The van der Waals surface area contributed by atoms with Crippen LogP contribution < -0.4 is 0 Å². The van der Waals surface area contributed by atoms with Crippen molar-refractivity contribution in [2.45, 2.75) is 19.3 Å². The second-order valence-electron chi connectivity index (χ2n) is 4.89. The third kappa shape index (κ3) is 2.01. The monoisotopic (exact) mass is 213 g/mol. The minimum Gasteiger partial charge on any atom is -0.481 e. The second-order valence-corrected chi connectivity index (χ2v) is 4.89. The first kappa shape index (κ1) is 10.9. The largest absolute Gasteiger partial charge is 0.481 e. The Bertz CT molecular complexity index is 248. The zero-order chi connectivity index (χ0) is 10.9. The SMILES string of the molecule is CN1CCC(C(=O)O)C2(CCOCC2)C1. The van der Waals surface area contributed by atoms with Crippen LogP contribution in [0.3, 0.4) is 0 Å². The number of carboxylic acids is 1. The summed E-state index contributed by atoms with van der Waals surface area (Å²) in [6.45, 7) is 3.25. The number of ether oxygens (including phenoxy) is 1. The van der Waals surface area contributed by atoms with Crippen LogP contribution in [0.2, 0.25) is 0 Å². The minimum atomic E-state index is -0.620. The van der Waals surface area contributed by atoms with Crippen LogP contribution in [0.1, 0.15) is 19.3 Å². The Kier molecular flexibility index (Phi) is 2.98. The zero-order valence-electron chi connectivity index (χ0n) is 9.24. The molecule has 1 atom stereocenters. The molecule has 2 rings (SSSR count). The average Bonchev–Trinajstić information content (AvgIpc) is 2.18. The van der Waals surface area contributed by atoms with Crippen LogP contribution in [0.25, 0.3) is 0 Å². The maximum atomic E-state index is 11.3. The van der Waals surface area contributed by atoms with E-state index in [-0.39, 0.29) is 11.3 Å². The topological polar surface area (TPSA) is 49.8 Å². The molecule has 0 aliphatic carbocycles. The predicted octanol–water partition coefficient (Wildman–Crippen LogP) is 0.819. The van der Waals surface area contributed by atoms with Crippen molar-refractivity contribution in [1.29, 1.82) is 0 Å². The van der Waals surface area contributed by atoms with E-state index in [9.17, 15) is 9.90 Å². The quantitative estimate of drug-likeness (QED) is 0.700. The van der Waals surface area contributed by atoms with Crippen molar-refractivity contribution in [2.75, 3.05) is 33.4 Å². The molecule has 4 nitrogen and oxygen atoms in total. The first-order valence-corrected chi connectivity index (χ1v) is 5.63. The molecular weight excluding hydrogens is 194 g/mol. The highest BCUT2D eigenvalue weighted by atomic mass is 16.5. The highest BCUT2D eigenvalue weighted by Gasteiger charge is 2.46. The lowest BCUT2D eigenvalue weighted by atomic mass is 9.66. The third-order valence-corrected chi connectivity index (χ3v) is 3.91. The highest BCUT2D eigenvalue weighted by molar-refractivity contribution is 5.71. The standard InChI is InChI=1S/C11H19NO3/c1-12-5-2-9(10(13)14)11(8-12)3-6-15-7-4-11/h9H,2-8H2,1H3,(H,13,14). The number of nitrogens with zero attached hydrogens (tertiary/aromatic N) is 1. The van der Waals surface area contributed by atoms with E-state index in [2.05, 4.69) is 11.9 Å². The van der Waals surface area contributed by atoms with Crippen molar-refractivity contribution in [2.24, 2.45) is 11.3 Å². The Morgan fingerprint density at radius 1 is 1.47 bits per heavy atom. The molecule has 1 N–H and O–H groups in total. The molecule has 4 heteroatoms. The molecular formula is C11H19NO3. The number of carboxylic acid groups (broad SMARTS) is 1. The summed E-state index contributed by atoms with van der Waals surface area (Å²) in [4.78, 5) is 13.5. The maximum absolute atomic E-state index is 11.3. The molecule has 15 heavy (non-hydrogen) atoms. The molecule has 86 valence electrons. The minimum absolute atomic E-state index is 0.0307. The van der Waals surface area contributed by atoms with E-state index in [4.69, 9.17) is 4.74 Å². The van der Waals surface area contributed by atoms with E-state index in [0.29, 0.717) is 0 Å². The molecule has 1 unspecified atom stereocenters. The molecule has 1 spiro atoms. The molecule has 0 aromatic carbocycles. The van der Waals surface area contributed by atoms with Gasteiger partial charge in [-0.1, -0.05) is 0 Å². The first-order valence-electron chi connectivity index (χ1n) is 5.63. The van der Waals surface area contributed by atoms with Crippen LogP contribution in [0.4, 0.5) is 0 Å². The van der Waals surface area contributed by atoms with E-state index >= 15 is 0 Å². The number of hydrogen-bond acceptors (Lipinski definition) is 3. The van der Waals surface area contributed by atoms with Gasteiger partial charge in [-0.2, -0.15) is 0 Å². The summed E-state index contributed by atoms with van der Waals surface area (Å²) in [6, 6.07) is 0. The summed E-state index contributed by atoms with van der Waals surface area (Å²) in [6.07, 6.45) is 2.58. The fraction of sp³-hybridized carbons (Fsp3) is 0.909. The van der Waals surface area contributed by atoms with E-state index < -0.39 is 5.97 Å². The zero-order valence-corrected chi connectivity index (χ0v) is 9.24. The van der Waals surface area contributed by atoms with Crippen molar-refractivity contribution in [3.63, 3.8) is 0 Å². The summed E-state index contributed by atoms with van der Waals surface area (Å²) in [7, 11) is 2.08. The number of hydrogen-bond donors (Lipinski definition) is 1. The molecule has 2 aliphatic rings. The smallest absolute Gasteiger partial charge is 0.307 e. The van der Waals surface area contributed by atoms with Crippen molar-refractivity contribution in [3.05, 3.63) is 0 Å². The molecule has 2 saturated heterocycles. The molecule has 0 amide bonds. The maximum Gasteiger partial charge on any atom is 0.307 e. The Balaban J connectivity index is 2.17.